The van der Waals surface area contributed by atoms with Gasteiger partial charge in [-0.1, -0.05) is 5.21 Å². The second-order valence-electron chi connectivity index (χ2n) is 3.67. The number of rotatable bonds is 5. The van der Waals surface area contributed by atoms with Crippen LogP contribution in [0.2, 0.25) is 0 Å². The van der Waals surface area contributed by atoms with E-state index in [0.717, 1.165) is 18.2 Å². The average Bonchev–Trinajstić information content (AvgIpc) is 2.79. The van der Waals surface area contributed by atoms with Gasteiger partial charge in [0.1, 0.15) is 17.3 Å². The smallest absolute Gasteiger partial charge is 0.146 e. The fraction of sp³-hybridized carbons (Fsp3) is 0.273. The maximum atomic E-state index is 13.3. The average molecular weight is 254 g/mol. The van der Waals surface area contributed by atoms with Crippen molar-refractivity contribution in [3.8, 4) is 0 Å². The van der Waals surface area contributed by atoms with Gasteiger partial charge in [0.05, 0.1) is 31.6 Å². The quantitative estimate of drug-likeness (QED) is 0.840. The normalized spacial score (nSPS) is 10.6. The van der Waals surface area contributed by atoms with Crippen LogP contribution < -0.4 is 5.32 Å². The summed E-state index contributed by atoms with van der Waals surface area (Å²) in [5, 5.41) is 19.0. The molecular formula is C11H12F2N4O. The van der Waals surface area contributed by atoms with E-state index in [1.54, 1.807) is 6.20 Å². The molecule has 0 fully saturated rings. The van der Waals surface area contributed by atoms with Gasteiger partial charge in [-0.25, -0.2) is 13.5 Å². The predicted molar refractivity (Wildman–Crippen MR) is 60.8 cm³/mol. The van der Waals surface area contributed by atoms with Gasteiger partial charge in [-0.2, -0.15) is 0 Å². The Morgan fingerprint density at radius 1 is 1.33 bits per heavy atom. The minimum Gasteiger partial charge on any atom is -0.394 e. The fourth-order valence-electron chi connectivity index (χ4n) is 1.45. The number of aliphatic hydroxyl groups excluding tert-OH is 1. The summed E-state index contributed by atoms with van der Waals surface area (Å²) >= 11 is 0. The molecule has 7 heteroatoms. The van der Waals surface area contributed by atoms with E-state index in [-0.39, 0.29) is 18.8 Å². The Kier molecular flexibility index (Phi) is 3.83. The molecule has 2 rings (SSSR count). The van der Waals surface area contributed by atoms with E-state index in [2.05, 4.69) is 15.6 Å². The van der Waals surface area contributed by atoms with Gasteiger partial charge in [0.2, 0.25) is 0 Å². The number of halogens is 2. The molecule has 0 saturated heterocycles. The van der Waals surface area contributed by atoms with Crippen molar-refractivity contribution in [3.63, 3.8) is 0 Å². The first-order valence-corrected chi connectivity index (χ1v) is 5.38. The highest BCUT2D eigenvalue weighted by Crippen LogP contribution is 2.15. The molecule has 0 aliphatic heterocycles. The lowest BCUT2D eigenvalue weighted by molar-refractivity contribution is 0.268. The van der Waals surface area contributed by atoms with Gasteiger partial charge >= 0.3 is 0 Å². The maximum Gasteiger partial charge on any atom is 0.146 e. The SMILES string of the molecule is OCCn1cc(CNc2cc(F)ccc2F)nn1. The molecule has 1 aromatic carbocycles. The van der Waals surface area contributed by atoms with Crippen LogP contribution in [0.3, 0.4) is 0 Å². The molecular weight excluding hydrogens is 242 g/mol. The van der Waals surface area contributed by atoms with Crippen molar-refractivity contribution in [1.82, 2.24) is 15.0 Å². The molecule has 0 saturated carbocycles. The minimum atomic E-state index is -0.529. The van der Waals surface area contributed by atoms with E-state index in [0.29, 0.717) is 12.2 Å². The molecule has 2 N–H and O–H groups in total. The van der Waals surface area contributed by atoms with Crippen molar-refractivity contribution in [2.24, 2.45) is 0 Å². The van der Waals surface area contributed by atoms with E-state index in [1.807, 2.05) is 0 Å². The van der Waals surface area contributed by atoms with Crippen molar-refractivity contribution < 1.29 is 13.9 Å². The molecule has 0 unspecified atom stereocenters. The van der Waals surface area contributed by atoms with Crippen molar-refractivity contribution >= 4 is 5.69 Å². The van der Waals surface area contributed by atoms with Crippen molar-refractivity contribution in [2.75, 3.05) is 11.9 Å². The highest BCUT2D eigenvalue weighted by Gasteiger charge is 2.05. The molecule has 0 spiro atoms. The zero-order valence-electron chi connectivity index (χ0n) is 9.48. The Morgan fingerprint density at radius 2 is 2.17 bits per heavy atom. The summed E-state index contributed by atoms with van der Waals surface area (Å²) in [6, 6.07) is 3.19. The van der Waals surface area contributed by atoms with Crippen LogP contribution in [0.25, 0.3) is 0 Å². The van der Waals surface area contributed by atoms with Gasteiger partial charge in [0, 0.05) is 0 Å². The van der Waals surface area contributed by atoms with Gasteiger partial charge < -0.3 is 10.4 Å². The summed E-state index contributed by atoms with van der Waals surface area (Å²) in [6.07, 6.45) is 1.63. The Morgan fingerprint density at radius 3 is 2.94 bits per heavy atom. The second-order valence-corrected chi connectivity index (χ2v) is 3.67. The highest BCUT2D eigenvalue weighted by molar-refractivity contribution is 5.44. The Bertz CT molecular complexity index is 530. The summed E-state index contributed by atoms with van der Waals surface area (Å²) in [7, 11) is 0. The highest BCUT2D eigenvalue weighted by atomic mass is 19.1. The van der Waals surface area contributed by atoms with E-state index in [4.69, 9.17) is 5.11 Å². The van der Waals surface area contributed by atoms with Gasteiger partial charge in [0.25, 0.3) is 0 Å². The lowest BCUT2D eigenvalue weighted by Crippen LogP contribution is -2.03. The summed E-state index contributed by atoms with van der Waals surface area (Å²) in [5.41, 5.74) is 0.652. The maximum absolute atomic E-state index is 13.3. The van der Waals surface area contributed by atoms with E-state index < -0.39 is 11.6 Å². The number of anilines is 1. The van der Waals surface area contributed by atoms with E-state index in [9.17, 15) is 8.78 Å². The number of nitrogens with one attached hydrogen (secondary N) is 1. The largest absolute Gasteiger partial charge is 0.394 e. The first-order chi connectivity index (χ1) is 8.69. The zero-order valence-corrected chi connectivity index (χ0v) is 9.48. The number of hydrogen-bond acceptors (Lipinski definition) is 4. The van der Waals surface area contributed by atoms with Crippen LogP contribution in [0, 0.1) is 11.6 Å². The van der Waals surface area contributed by atoms with Gasteiger partial charge in [0.15, 0.2) is 0 Å². The zero-order chi connectivity index (χ0) is 13.0. The van der Waals surface area contributed by atoms with Gasteiger partial charge in [-0.3, -0.25) is 0 Å². The van der Waals surface area contributed by atoms with Crippen LogP contribution in [0.15, 0.2) is 24.4 Å². The third-order valence-corrected chi connectivity index (χ3v) is 2.30. The lowest BCUT2D eigenvalue weighted by Gasteiger charge is -2.05. The van der Waals surface area contributed by atoms with Gasteiger partial charge in [-0.05, 0) is 18.2 Å². The lowest BCUT2D eigenvalue weighted by atomic mass is 10.3. The van der Waals surface area contributed by atoms with Crippen LogP contribution in [-0.2, 0) is 13.1 Å². The molecule has 1 heterocycles. The van der Waals surface area contributed by atoms with Crippen LogP contribution in [-0.4, -0.2) is 26.7 Å². The Balaban J connectivity index is 1.99. The molecule has 0 aliphatic carbocycles. The molecule has 0 amide bonds. The van der Waals surface area contributed by atoms with Crippen LogP contribution in [0.5, 0.6) is 0 Å². The molecule has 5 nitrogen and oxygen atoms in total. The van der Waals surface area contributed by atoms with Crippen molar-refractivity contribution in [2.45, 2.75) is 13.1 Å². The molecule has 0 bridgehead atoms. The van der Waals surface area contributed by atoms with E-state index >= 15 is 0 Å². The summed E-state index contributed by atoms with van der Waals surface area (Å²) in [6.45, 7) is 0.544. The van der Waals surface area contributed by atoms with Crippen molar-refractivity contribution in [1.29, 1.82) is 0 Å². The van der Waals surface area contributed by atoms with Crippen LogP contribution >= 0.6 is 0 Å². The van der Waals surface area contributed by atoms with Crippen molar-refractivity contribution in [3.05, 3.63) is 41.7 Å². The molecule has 0 atom stereocenters. The number of nitrogens with zero attached hydrogens (tertiary/aromatic N) is 3. The summed E-state index contributed by atoms with van der Waals surface area (Å²) in [5.74, 6) is -1.04. The first kappa shape index (κ1) is 12.4. The van der Waals surface area contributed by atoms with Crippen LogP contribution in [0.4, 0.5) is 14.5 Å². The third kappa shape index (κ3) is 3.01. The number of hydrogen-bond donors (Lipinski definition) is 2. The molecule has 2 aromatic rings. The second kappa shape index (κ2) is 5.54. The van der Waals surface area contributed by atoms with Gasteiger partial charge in [-0.15, -0.1) is 5.10 Å². The topological polar surface area (TPSA) is 63.0 Å². The molecule has 18 heavy (non-hydrogen) atoms. The number of benzene rings is 1. The third-order valence-electron chi connectivity index (χ3n) is 2.30. The van der Waals surface area contributed by atoms with Crippen LogP contribution in [0.1, 0.15) is 5.69 Å². The monoisotopic (exact) mass is 254 g/mol. The minimum absolute atomic E-state index is 0.0330. The molecule has 0 aliphatic rings. The molecule has 1 aromatic heterocycles. The Labute approximate surface area is 102 Å². The summed E-state index contributed by atoms with van der Waals surface area (Å²) in [4.78, 5) is 0. The van der Waals surface area contributed by atoms with E-state index in [1.165, 1.54) is 4.68 Å². The number of aliphatic hydroxyl groups is 1. The Hall–Kier alpha value is -2.02. The fourth-order valence-corrected chi connectivity index (χ4v) is 1.45. The molecule has 0 radical (unpaired) electrons. The predicted octanol–water partition coefficient (Wildman–Crippen LogP) is 1.16. The standard InChI is InChI=1S/C11H12F2N4O/c12-8-1-2-10(13)11(5-8)14-6-9-7-17(3-4-18)16-15-9/h1-2,5,7,14,18H,3-4,6H2. The number of aromatic nitrogens is 3. The summed E-state index contributed by atoms with van der Waals surface area (Å²) < 4.78 is 27.7. The molecule has 96 valence electrons. The first-order valence-electron chi connectivity index (χ1n) is 5.38.